The normalized spacial score (nSPS) is 21.7. The number of ether oxygens (including phenoxy) is 1. The van der Waals surface area contributed by atoms with E-state index >= 15 is 0 Å². The Labute approximate surface area is 101 Å². The summed E-state index contributed by atoms with van der Waals surface area (Å²) in [5.74, 6) is 0.555. The molecule has 0 aromatic carbocycles. The lowest BCUT2D eigenvalue weighted by Gasteiger charge is -2.18. The number of hydrogen-bond donors (Lipinski definition) is 1. The van der Waals surface area contributed by atoms with Gasteiger partial charge in [-0.15, -0.1) is 0 Å². The maximum atomic E-state index is 14.5. The Morgan fingerprint density at radius 1 is 1.71 bits per heavy atom. The third-order valence-corrected chi connectivity index (χ3v) is 3.21. The van der Waals surface area contributed by atoms with E-state index in [0.29, 0.717) is 11.4 Å². The minimum absolute atomic E-state index is 0.101. The quantitative estimate of drug-likeness (QED) is 0.857. The van der Waals surface area contributed by atoms with Gasteiger partial charge in [0.2, 0.25) is 0 Å². The number of nitrogens with zero attached hydrogens (tertiary/aromatic N) is 2. The molecule has 17 heavy (non-hydrogen) atoms. The van der Waals surface area contributed by atoms with Crippen molar-refractivity contribution < 1.29 is 9.13 Å². The molecule has 1 aliphatic heterocycles. The molecule has 2 unspecified atom stereocenters. The molecule has 1 N–H and O–H groups in total. The highest BCUT2D eigenvalue weighted by atomic mass is 19.1. The molecule has 1 aliphatic rings. The first-order valence-corrected chi connectivity index (χ1v) is 6.25. The Bertz CT molecular complexity index is 361. The minimum atomic E-state index is -1.04. The van der Waals surface area contributed by atoms with Gasteiger partial charge in [0.15, 0.2) is 11.9 Å². The zero-order valence-electron chi connectivity index (χ0n) is 10.4. The number of nitrogens with one attached hydrogen (secondary N) is 1. The van der Waals surface area contributed by atoms with Gasteiger partial charge in [-0.1, -0.05) is 6.92 Å². The summed E-state index contributed by atoms with van der Waals surface area (Å²) in [6.07, 6.45) is 3.41. The number of aryl methyl sites for hydroxylation is 1. The fourth-order valence-corrected chi connectivity index (χ4v) is 2.36. The van der Waals surface area contributed by atoms with Crippen LogP contribution < -0.4 is 10.1 Å². The highest BCUT2D eigenvalue weighted by Crippen LogP contribution is 2.33. The summed E-state index contributed by atoms with van der Waals surface area (Å²) >= 11 is 0. The van der Waals surface area contributed by atoms with Crippen molar-refractivity contribution in [1.82, 2.24) is 15.1 Å². The van der Waals surface area contributed by atoms with Crippen molar-refractivity contribution in [1.29, 1.82) is 0 Å². The average Bonchev–Trinajstić information content (AvgIpc) is 2.97. The van der Waals surface area contributed by atoms with Crippen molar-refractivity contribution in [3.63, 3.8) is 0 Å². The van der Waals surface area contributed by atoms with Gasteiger partial charge in [0.05, 0.1) is 13.3 Å². The monoisotopic (exact) mass is 241 g/mol. The van der Waals surface area contributed by atoms with Crippen LogP contribution in [0.1, 0.15) is 38.1 Å². The maximum absolute atomic E-state index is 14.5. The Morgan fingerprint density at radius 2 is 2.53 bits per heavy atom. The number of rotatable bonds is 5. The van der Waals surface area contributed by atoms with Crippen LogP contribution in [0.5, 0.6) is 5.75 Å². The largest absolute Gasteiger partial charge is 0.493 e. The van der Waals surface area contributed by atoms with Crippen LogP contribution in [-0.2, 0) is 6.54 Å². The van der Waals surface area contributed by atoms with Crippen molar-refractivity contribution >= 4 is 0 Å². The summed E-state index contributed by atoms with van der Waals surface area (Å²) in [6, 6.07) is -0.101. The number of methoxy groups -OCH3 is 1. The van der Waals surface area contributed by atoms with E-state index in [0.717, 1.165) is 32.4 Å². The SMILES string of the molecule is CCCn1ncc(OC)c1C(F)C1CCCN1. The molecular weight excluding hydrogens is 221 g/mol. The summed E-state index contributed by atoms with van der Waals surface area (Å²) in [5, 5.41) is 7.39. The van der Waals surface area contributed by atoms with Crippen molar-refractivity contribution in [2.45, 2.75) is 44.9 Å². The molecule has 1 fully saturated rings. The van der Waals surface area contributed by atoms with Gasteiger partial charge in [0, 0.05) is 12.6 Å². The third-order valence-electron chi connectivity index (χ3n) is 3.21. The van der Waals surface area contributed by atoms with E-state index in [9.17, 15) is 4.39 Å². The first-order valence-electron chi connectivity index (χ1n) is 6.25. The Hall–Kier alpha value is -1.10. The summed E-state index contributed by atoms with van der Waals surface area (Å²) in [6.45, 7) is 3.68. The molecule has 0 aliphatic carbocycles. The van der Waals surface area contributed by atoms with Crippen LogP contribution in [-0.4, -0.2) is 29.5 Å². The molecule has 0 saturated carbocycles. The average molecular weight is 241 g/mol. The zero-order valence-corrected chi connectivity index (χ0v) is 10.4. The fourth-order valence-electron chi connectivity index (χ4n) is 2.36. The molecular formula is C12H20FN3O. The van der Waals surface area contributed by atoms with Crippen LogP contribution in [0, 0.1) is 0 Å². The number of alkyl halides is 1. The van der Waals surface area contributed by atoms with Crippen LogP contribution in [0.2, 0.25) is 0 Å². The lowest BCUT2D eigenvalue weighted by Crippen LogP contribution is -2.28. The lowest BCUT2D eigenvalue weighted by molar-refractivity contribution is 0.245. The Kier molecular flexibility index (Phi) is 3.99. The molecule has 1 aromatic rings. The molecule has 1 aromatic heterocycles. The summed E-state index contributed by atoms with van der Waals surface area (Å²) in [5.41, 5.74) is 0.578. The minimum Gasteiger partial charge on any atom is -0.493 e. The molecule has 2 rings (SSSR count). The lowest BCUT2D eigenvalue weighted by atomic mass is 10.1. The molecule has 96 valence electrons. The first-order chi connectivity index (χ1) is 8.27. The Morgan fingerprint density at radius 3 is 3.12 bits per heavy atom. The van der Waals surface area contributed by atoms with E-state index in [1.165, 1.54) is 0 Å². The van der Waals surface area contributed by atoms with E-state index in [2.05, 4.69) is 17.3 Å². The van der Waals surface area contributed by atoms with E-state index < -0.39 is 6.17 Å². The van der Waals surface area contributed by atoms with Gasteiger partial charge in [-0.05, 0) is 25.8 Å². The van der Waals surface area contributed by atoms with E-state index in [1.54, 1.807) is 18.0 Å². The van der Waals surface area contributed by atoms with Crippen molar-refractivity contribution in [2.75, 3.05) is 13.7 Å². The van der Waals surface area contributed by atoms with Crippen molar-refractivity contribution in [2.24, 2.45) is 0 Å². The molecule has 0 radical (unpaired) electrons. The number of hydrogen-bond acceptors (Lipinski definition) is 3. The molecule has 5 heteroatoms. The topological polar surface area (TPSA) is 39.1 Å². The summed E-state index contributed by atoms with van der Waals surface area (Å²) < 4.78 is 21.4. The van der Waals surface area contributed by atoms with Crippen LogP contribution in [0.4, 0.5) is 4.39 Å². The molecule has 2 heterocycles. The van der Waals surface area contributed by atoms with Crippen molar-refractivity contribution in [3.8, 4) is 5.75 Å². The second-order valence-electron chi connectivity index (χ2n) is 4.43. The van der Waals surface area contributed by atoms with Gasteiger partial charge in [0.25, 0.3) is 0 Å². The molecule has 0 bridgehead atoms. The van der Waals surface area contributed by atoms with Gasteiger partial charge in [0.1, 0.15) is 5.69 Å². The second kappa shape index (κ2) is 5.49. The molecule has 1 saturated heterocycles. The van der Waals surface area contributed by atoms with Crippen LogP contribution in [0.15, 0.2) is 6.20 Å². The number of halogens is 1. The number of aromatic nitrogens is 2. The van der Waals surface area contributed by atoms with Gasteiger partial charge in [-0.2, -0.15) is 5.10 Å². The molecule has 2 atom stereocenters. The Balaban J connectivity index is 2.23. The highest BCUT2D eigenvalue weighted by molar-refractivity contribution is 5.28. The zero-order chi connectivity index (χ0) is 12.3. The molecule has 4 nitrogen and oxygen atoms in total. The summed E-state index contributed by atoms with van der Waals surface area (Å²) in [4.78, 5) is 0. The standard InChI is InChI=1S/C12H20FN3O/c1-3-7-16-12(10(17-2)8-15-16)11(13)9-5-4-6-14-9/h8-9,11,14H,3-7H2,1-2H3. The van der Waals surface area contributed by atoms with E-state index in [1.807, 2.05) is 0 Å². The van der Waals surface area contributed by atoms with Gasteiger partial charge in [-0.25, -0.2) is 4.39 Å². The van der Waals surface area contributed by atoms with Crippen molar-refractivity contribution in [3.05, 3.63) is 11.9 Å². The van der Waals surface area contributed by atoms with Crippen LogP contribution >= 0.6 is 0 Å². The summed E-state index contributed by atoms with van der Waals surface area (Å²) in [7, 11) is 1.56. The fraction of sp³-hybridized carbons (Fsp3) is 0.750. The third kappa shape index (κ3) is 2.44. The smallest absolute Gasteiger partial charge is 0.163 e. The molecule has 0 spiro atoms. The predicted octanol–water partition coefficient (Wildman–Crippen LogP) is 2.06. The van der Waals surface area contributed by atoms with E-state index in [-0.39, 0.29) is 6.04 Å². The van der Waals surface area contributed by atoms with E-state index in [4.69, 9.17) is 4.74 Å². The van der Waals surface area contributed by atoms with Gasteiger partial charge >= 0.3 is 0 Å². The highest BCUT2D eigenvalue weighted by Gasteiger charge is 2.31. The van der Waals surface area contributed by atoms with Gasteiger partial charge < -0.3 is 10.1 Å². The predicted molar refractivity (Wildman–Crippen MR) is 63.9 cm³/mol. The molecule has 0 amide bonds. The van der Waals surface area contributed by atoms with Crippen LogP contribution in [0.25, 0.3) is 0 Å². The first kappa shape index (κ1) is 12.4. The van der Waals surface area contributed by atoms with Gasteiger partial charge in [-0.3, -0.25) is 4.68 Å². The van der Waals surface area contributed by atoms with Crippen LogP contribution in [0.3, 0.4) is 0 Å². The maximum Gasteiger partial charge on any atom is 0.163 e. The second-order valence-corrected chi connectivity index (χ2v) is 4.43.